The lowest BCUT2D eigenvalue weighted by Crippen LogP contribution is -2.31. The Morgan fingerprint density at radius 2 is 2.00 bits per heavy atom. The topological polar surface area (TPSA) is 46.6 Å². The normalized spacial score (nSPS) is 18.3. The lowest BCUT2D eigenvalue weighted by molar-refractivity contribution is -0.116. The van der Waals surface area contributed by atoms with Crippen LogP contribution < -0.4 is 4.74 Å². The predicted octanol–water partition coefficient (Wildman–Crippen LogP) is 2.34. The number of carbonyl (C=O) groups is 2. The Morgan fingerprint density at radius 1 is 1.16 bits per heavy atom. The van der Waals surface area contributed by atoms with Gasteiger partial charge in [0.15, 0.2) is 5.78 Å². The van der Waals surface area contributed by atoms with E-state index in [2.05, 4.69) is 6.07 Å². The molecule has 19 heavy (non-hydrogen) atoms. The first-order valence-corrected chi connectivity index (χ1v) is 6.83. The van der Waals surface area contributed by atoms with Crippen LogP contribution in [0.15, 0.2) is 18.2 Å². The molecule has 0 spiro atoms. The van der Waals surface area contributed by atoms with Crippen molar-refractivity contribution < 1.29 is 14.3 Å². The first kappa shape index (κ1) is 12.2. The fraction of sp³-hybridized carbons (Fsp3) is 0.467. The van der Waals surface area contributed by atoms with Gasteiger partial charge in [0.25, 0.3) is 0 Å². The average Bonchev–Trinajstić information content (AvgIpc) is 2.86. The van der Waals surface area contributed by atoms with E-state index in [0.29, 0.717) is 18.7 Å². The van der Waals surface area contributed by atoms with Crippen LogP contribution in [-0.4, -0.2) is 29.9 Å². The standard InChI is InChI=1S/C15H17NO3/c17-12-8-9-16(10-12)15(18)19-14-7-3-5-11-4-1-2-6-13(11)14/h3,5,7H,1-2,4,6,8-10H2. The number of nitrogens with zero attached hydrogens (tertiary/aromatic N) is 1. The van der Waals surface area contributed by atoms with Gasteiger partial charge in [-0.1, -0.05) is 12.1 Å². The monoisotopic (exact) mass is 259 g/mol. The molecular formula is C15H17NO3. The van der Waals surface area contributed by atoms with Gasteiger partial charge in [0.1, 0.15) is 5.75 Å². The van der Waals surface area contributed by atoms with Gasteiger partial charge in [-0.25, -0.2) is 4.79 Å². The van der Waals surface area contributed by atoms with Crippen molar-refractivity contribution >= 4 is 11.9 Å². The van der Waals surface area contributed by atoms with E-state index in [9.17, 15) is 9.59 Å². The number of likely N-dealkylation sites (tertiary alicyclic amines) is 1. The summed E-state index contributed by atoms with van der Waals surface area (Å²) in [6.07, 6.45) is 4.42. The highest BCUT2D eigenvalue weighted by Gasteiger charge is 2.26. The Kier molecular flexibility index (Phi) is 3.23. The molecule has 1 aromatic rings. The molecule has 1 fully saturated rings. The van der Waals surface area contributed by atoms with E-state index in [1.54, 1.807) is 0 Å². The molecule has 1 heterocycles. The number of hydrogen-bond donors (Lipinski definition) is 0. The molecule has 1 saturated heterocycles. The van der Waals surface area contributed by atoms with Crippen LogP contribution in [-0.2, 0) is 17.6 Å². The number of fused-ring (bicyclic) bond motifs is 1. The molecule has 3 rings (SSSR count). The maximum Gasteiger partial charge on any atom is 0.415 e. The van der Waals surface area contributed by atoms with Gasteiger partial charge in [-0.3, -0.25) is 4.79 Å². The van der Waals surface area contributed by atoms with Crippen molar-refractivity contribution in [2.24, 2.45) is 0 Å². The summed E-state index contributed by atoms with van der Waals surface area (Å²) in [7, 11) is 0. The number of Topliss-reactive ketones (excluding diaryl/α,β-unsaturated/α-hetero) is 1. The number of rotatable bonds is 1. The number of hydrogen-bond acceptors (Lipinski definition) is 3. The fourth-order valence-corrected chi connectivity index (χ4v) is 2.79. The number of ether oxygens (including phenoxy) is 1. The zero-order valence-electron chi connectivity index (χ0n) is 10.9. The molecule has 0 saturated carbocycles. The van der Waals surface area contributed by atoms with Crippen molar-refractivity contribution in [3.63, 3.8) is 0 Å². The second-order valence-electron chi connectivity index (χ2n) is 5.18. The quantitative estimate of drug-likeness (QED) is 0.777. The van der Waals surface area contributed by atoms with E-state index in [4.69, 9.17) is 4.74 Å². The molecule has 1 amide bonds. The van der Waals surface area contributed by atoms with Crippen molar-refractivity contribution in [1.82, 2.24) is 4.90 Å². The highest BCUT2D eigenvalue weighted by molar-refractivity contribution is 5.87. The van der Waals surface area contributed by atoms with Crippen LogP contribution in [0.25, 0.3) is 0 Å². The first-order valence-electron chi connectivity index (χ1n) is 6.83. The second kappa shape index (κ2) is 5.03. The highest BCUT2D eigenvalue weighted by Crippen LogP contribution is 2.30. The molecule has 0 unspecified atom stereocenters. The van der Waals surface area contributed by atoms with Crippen LogP contribution in [0.3, 0.4) is 0 Å². The summed E-state index contributed by atoms with van der Waals surface area (Å²) in [4.78, 5) is 24.7. The lowest BCUT2D eigenvalue weighted by atomic mass is 9.91. The molecule has 4 nitrogen and oxygen atoms in total. The minimum atomic E-state index is -0.398. The Balaban J connectivity index is 1.76. The minimum absolute atomic E-state index is 0.104. The molecule has 0 aromatic heterocycles. The molecule has 0 bridgehead atoms. The van der Waals surface area contributed by atoms with Gasteiger partial charge in [0, 0.05) is 13.0 Å². The summed E-state index contributed by atoms with van der Waals surface area (Å²) in [5, 5.41) is 0. The summed E-state index contributed by atoms with van der Waals surface area (Å²) in [5.41, 5.74) is 2.45. The molecule has 1 aliphatic carbocycles. The summed E-state index contributed by atoms with van der Waals surface area (Å²) in [5.74, 6) is 0.772. The molecule has 0 N–H and O–H groups in total. The zero-order chi connectivity index (χ0) is 13.2. The molecule has 1 aliphatic heterocycles. The van der Waals surface area contributed by atoms with Crippen molar-refractivity contribution in [3.8, 4) is 5.75 Å². The van der Waals surface area contributed by atoms with Crippen molar-refractivity contribution in [3.05, 3.63) is 29.3 Å². The Labute approximate surface area is 112 Å². The Hall–Kier alpha value is -1.84. The number of amides is 1. The summed E-state index contributed by atoms with van der Waals surface area (Å²) in [6.45, 7) is 0.667. The lowest BCUT2D eigenvalue weighted by Gasteiger charge is -2.20. The predicted molar refractivity (Wildman–Crippen MR) is 70.3 cm³/mol. The van der Waals surface area contributed by atoms with Crippen LogP contribution in [0, 0.1) is 0 Å². The van der Waals surface area contributed by atoms with E-state index in [1.807, 2.05) is 12.1 Å². The zero-order valence-corrected chi connectivity index (χ0v) is 10.9. The summed E-state index contributed by atoms with van der Waals surface area (Å²) >= 11 is 0. The third kappa shape index (κ3) is 2.48. The second-order valence-corrected chi connectivity index (χ2v) is 5.18. The van der Waals surface area contributed by atoms with Crippen molar-refractivity contribution in [2.45, 2.75) is 32.1 Å². The van der Waals surface area contributed by atoms with E-state index in [-0.39, 0.29) is 12.3 Å². The number of ketones is 1. The van der Waals surface area contributed by atoms with Gasteiger partial charge < -0.3 is 9.64 Å². The minimum Gasteiger partial charge on any atom is -0.410 e. The number of carbonyl (C=O) groups excluding carboxylic acids is 2. The van der Waals surface area contributed by atoms with Crippen LogP contribution in [0.1, 0.15) is 30.4 Å². The summed E-state index contributed by atoms with van der Waals surface area (Å²) < 4.78 is 5.48. The third-order valence-corrected chi connectivity index (χ3v) is 3.84. The largest absolute Gasteiger partial charge is 0.415 e. The van der Waals surface area contributed by atoms with Gasteiger partial charge in [-0.05, 0) is 42.9 Å². The SMILES string of the molecule is O=C1CCN(C(=O)Oc2cccc3c2CCCC3)C1. The molecule has 4 heteroatoms. The molecule has 0 atom stereocenters. The molecule has 100 valence electrons. The average molecular weight is 259 g/mol. The van der Waals surface area contributed by atoms with E-state index in [0.717, 1.165) is 24.8 Å². The summed E-state index contributed by atoms with van der Waals surface area (Å²) in [6, 6.07) is 5.88. The molecule has 0 radical (unpaired) electrons. The first-order chi connectivity index (χ1) is 9.24. The molecule has 1 aromatic carbocycles. The van der Waals surface area contributed by atoms with Crippen LogP contribution >= 0.6 is 0 Å². The van der Waals surface area contributed by atoms with Crippen LogP contribution in [0.2, 0.25) is 0 Å². The maximum atomic E-state index is 12.0. The van der Waals surface area contributed by atoms with E-state index >= 15 is 0 Å². The van der Waals surface area contributed by atoms with Crippen LogP contribution in [0.4, 0.5) is 4.79 Å². The van der Waals surface area contributed by atoms with Gasteiger partial charge in [0.2, 0.25) is 0 Å². The van der Waals surface area contributed by atoms with Crippen molar-refractivity contribution in [2.75, 3.05) is 13.1 Å². The number of benzene rings is 1. The highest BCUT2D eigenvalue weighted by atomic mass is 16.6. The third-order valence-electron chi connectivity index (χ3n) is 3.84. The van der Waals surface area contributed by atoms with Crippen LogP contribution in [0.5, 0.6) is 5.75 Å². The molecular weight excluding hydrogens is 242 g/mol. The van der Waals surface area contributed by atoms with E-state index in [1.165, 1.54) is 16.9 Å². The van der Waals surface area contributed by atoms with Gasteiger partial charge in [-0.2, -0.15) is 0 Å². The Morgan fingerprint density at radius 3 is 2.79 bits per heavy atom. The maximum absolute atomic E-state index is 12.0. The van der Waals surface area contributed by atoms with Gasteiger partial charge >= 0.3 is 6.09 Å². The number of aryl methyl sites for hydroxylation is 1. The smallest absolute Gasteiger partial charge is 0.410 e. The van der Waals surface area contributed by atoms with E-state index < -0.39 is 6.09 Å². The molecule has 2 aliphatic rings. The van der Waals surface area contributed by atoms with Crippen molar-refractivity contribution in [1.29, 1.82) is 0 Å². The van der Waals surface area contributed by atoms with Gasteiger partial charge in [0.05, 0.1) is 6.54 Å². The Bertz CT molecular complexity index is 524. The fourth-order valence-electron chi connectivity index (χ4n) is 2.79. The van der Waals surface area contributed by atoms with Gasteiger partial charge in [-0.15, -0.1) is 0 Å².